The molecule has 1 atom stereocenters. The Morgan fingerprint density at radius 2 is 1.86 bits per heavy atom. The molecule has 76 valence electrons. The molecule has 5 heteroatoms. The quantitative estimate of drug-likeness (QED) is 0.797. The van der Waals surface area contributed by atoms with Gasteiger partial charge < -0.3 is 10.5 Å². The third-order valence-electron chi connectivity index (χ3n) is 1.70. The Morgan fingerprint density at radius 1 is 1.36 bits per heavy atom. The molecule has 0 saturated heterocycles. The number of methoxy groups -OCH3 is 1. The zero-order valence-electron chi connectivity index (χ0n) is 7.46. The molecular weight excluding hydrogens is 225 g/mol. The molecule has 1 rings (SSSR count). The van der Waals surface area contributed by atoms with E-state index in [1.54, 1.807) is 18.2 Å². The molecule has 0 spiro atoms. The summed E-state index contributed by atoms with van der Waals surface area (Å²) in [5, 5.41) is 0.874. The number of halogens is 2. The van der Waals surface area contributed by atoms with E-state index in [-0.39, 0.29) is 0 Å². The molecule has 2 N–H and O–H groups in total. The van der Waals surface area contributed by atoms with E-state index in [1.165, 1.54) is 7.11 Å². The van der Waals surface area contributed by atoms with Crippen molar-refractivity contribution in [3.8, 4) is 0 Å². The number of carbonyl (C=O) groups excluding carboxylic acids is 1. The van der Waals surface area contributed by atoms with Crippen molar-refractivity contribution in [1.82, 2.24) is 0 Å². The Morgan fingerprint density at radius 3 is 2.29 bits per heavy atom. The number of hydrogen-bond acceptors (Lipinski definition) is 3. The van der Waals surface area contributed by atoms with Crippen LogP contribution in [0.25, 0.3) is 0 Å². The zero-order chi connectivity index (χ0) is 10.7. The number of rotatable bonds is 2. The van der Waals surface area contributed by atoms with Gasteiger partial charge in [0.15, 0.2) is 0 Å². The standard InChI is InChI=1S/C9H9Cl2NO2/c1-14-9(13)8(12)5-2-6(10)4-7(11)3-5/h2-4,8H,12H2,1H3/t8-/m0/s1. The molecule has 0 amide bonds. The van der Waals surface area contributed by atoms with Crippen molar-refractivity contribution >= 4 is 29.2 Å². The Balaban J connectivity index is 3.00. The lowest BCUT2D eigenvalue weighted by Crippen LogP contribution is -2.22. The van der Waals surface area contributed by atoms with Gasteiger partial charge in [0.2, 0.25) is 0 Å². The molecule has 0 aliphatic carbocycles. The maximum atomic E-state index is 11.1. The molecule has 0 aliphatic rings. The first-order valence-corrected chi connectivity index (χ1v) is 4.59. The van der Waals surface area contributed by atoms with Crippen LogP contribution in [0.2, 0.25) is 10.0 Å². The summed E-state index contributed by atoms with van der Waals surface area (Å²) >= 11 is 11.5. The second kappa shape index (κ2) is 4.64. The van der Waals surface area contributed by atoms with Crippen molar-refractivity contribution in [2.24, 2.45) is 5.73 Å². The molecule has 0 heterocycles. The van der Waals surface area contributed by atoms with Crippen molar-refractivity contribution in [1.29, 1.82) is 0 Å². The normalized spacial score (nSPS) is 12.3. The minimum Gasteiger partial charge on any atom is -0.468 e. The van der Waals surface area contributed by atoms with E-state index in [9.17, 15) is 4.79 Å². The highest BCUT2D eigenvalue weighted by Gasteiger charge is 2.16. The fourth-order valence-electron chi connectivity index (χ4n) is 1.02. The summed E-state index contributed by atoms with van der Waals surface area (Å²) in [6.45, 7) is 0. The smallest absolute Gasteiger partial charge is 0.327 e. The average molecular weight is 234 g/mol. The summed E-state index contributed by atoms with van der Waals surface area (Å²) < 4.78 is 4.50. The number of ether oxygens (including phenoxy) is 1. The second-order valence-electron chi connectivity index (χ2n) is 2.70. The highest BCUT2D eigenvalue weighted by atomic mass is 35.5. The minimum absolute atomic E-state index is 0.437. The van der Waals surface area contributed by atoms with E-state index in [1.807, 2.05) is 0 Å². The van der Waals surface area contributed by atoms with E-state index in [4.69, 9.17) is 28.9 Å². The van der Waals surface area contributed by atoms with Gasteiger partial charge in [-0.2, -0.15) is 0 Å². The lowest BCUT2D eigenvalue weighted by molar-refractivity contribution is -0.142. The number of nitrogens with two attached hydrogens (primary N) is 1. The van der Waals surface area contributed by atoms with Gasteiger partial charge in [-0.15, -0.1) is 0 Å². The fourth-order valence-corrected chi connectivity index (χ4v) is 1.56. The highest BCUT2D eigenvalue weighted by molar-refractivity contribution is 6.34. The van der Waals surface area contributed by atoms with Crippen LogP contribution in [0.3, 0.4) is 0 Å². The Labute approximate surface area is 91.7 Å². The number of benzene rings is 1. The zero-order valence-corrected chi connectivity index (χ0v) is 8.97. The molecule has 3 nitrogen and oxygen atoms in total. The van der Waals surface area contributed by atoms with Gasteiger partial charge in [0.05, 0.1) is 7.11 Å². The third kappa shape index (κ3) is 2.61. The van der Waals surface area contributed by atoms with Crippen LogP contribution >= 0.6 is 23.2 Å². The summed E-state index contributed by atoms with van der Waals surface area (Å²) in [5.41, 5.74) is 6.13. The van der Waals surface area contributed by atoms with Gasteiger partial charge in [-0.1, -0.05) is 23.2 Å². The first-order chi connectivity index (χ1) is 6.54. The fraction of sp³-hybridized carbons (Fsp3) is 0.222. The predicted octanol–water partition coefficient (Wildman–Crippen LogP) is 2.17. The number of carbonyl (C=O) groups is 1. The van der Waals surface area contributed by atoms with Crippen molar-refractivity contribution < 1.29 is 9.53 Å². The molecule has 0 aliphatic heterocycles. The SMILES string of the molecule is COC(=O)[C@@H](N)c1cc(Cl)cc(Cl)c1. The van der Waals surface area contributed by atoms with Crippen LogP contribution in [0, 0.1) is 0 Å². The van der Waals surface area contributed by atoms with Crippen LogP contribution in [0.15, 0.2) is 18.2 Å². The van der Waals surface area contributed by atoms with E-state index in [0.717, 1.165) is 0 Å². The van der Waals surface area contributed by atoms with E-state index < -0.39 is 12.0 Å². The van der Waals surface area contributed by atoms with Gasteiger partial charge in [-0.05, 0) is 23.8 Å². The van der Waals surface area contributed by atoms with E-state index in [0.29, 0.717) is 15.6 Å². The lowest BCUT2D eigenvalue weighted by atomic mass is 10.1. The van der Waals surface area contributed by atoms with Crippen molar-refractivity contribution in [3.05, 3.63) is 33.8 Å². The van der Waals surface area contributed by atoms with Gasteiger partial charge in [-0.3, -0.25) is 4.79 Å². The van der Waals surface area contributed by atoms with Crippen LogP contribution in [0.5, 0.6) is 0 Å². The first kappa shape index (κ1) is 11.3. The van der Waals surface area contributed by atoms with Crippen molar-refractivity contribution in [2.75, 3.05) is 7.11 Å². The minimum atomic E-state index is -0.851. The van der Waals surface area contributed by atoms with Crippen molar-refractivity contribution in [3.63, 3.8) is 0 Å². The van der Waals surface area contributed by atoms with Gasteiger partial charge in [0.1, 0.15) is 6.04 Å². The summed E-state index contributed by atoms with van der Waals surface area (Å²) in [6, 6.07) is 3.87. The molecule has 0 fully saturated rings. The lowest BCUT2D eigenvalue weighted by Gasteiger charge is -2.09. The molecule has 14 heavy (non-hydrogen) atoms. The summed E-state index contributed by atoms with van der Waals surface area (Å²) in [5.74, 6) is -0.525. The largest absolute Gasteiger partial charge is 0.468 e. The Kier molecular flexibility index (Phi) is 3.75. The highest BCUT2D eigenvalue weighted by Crippen LogP contribution is 2.22. The second-order valence-corrected chi connectivity index (χ2v) is 3.58. The van der Waals surface area contributed by atoms with Crippen molar-refractivity contribution in [2.45, 2.75) is 6.04 Å². The molecule has 0 aromatic heterocycles. The summed E-state index contributed by atoms with van der Waals surface area (Å²) in [4.78, 5) is 11.1. The molecule has 1 aromatic rings. The molecule has 0 bridgehead atoms. The topological polar surface area (TPSA) is 52.3 Å². The monoisotopic (exact) mass is 233 g/mol. The summed E-state index contributed by atoms with van der Waals surface area (Å²) in [7, 11) is 1.27. The number of esters is 1. The predicted molar refractivity (Wildman–Crippen MR) is 55.4 cm³/mol. The van der Waals surface area contributed by atoms with Crippen LogP contribution < -0.4 is 5.73 Å². The first-order valence-electron chi connectivity index (χ1n) is 3.84. The number of hydrogen-bond donors (Lipinski definition) is 1. The van der Waals surface area contributed by atoms with Crippen LogP contribution in [0.1, 0.15) is 11.6 Å². The van der Waals surface area contributed by atoms with Crippen LogP contribution in [0.4, 0.5) is 0 Å². The molecule has 0 saturated carbocycles. The molecular formula is C9H9Cl2NO2. The van der Waals surface area contributed by atoms with Gasteiger partial charge in [0.25, 0.3) is 0 Å². The average Bonchev–Trinajstić information content (AvgIpc) is 2.14. The van der Waals surface area contributed by atoms with Gasteiger partial charge >= 0.3 is 5.97 Å². The van der Waals surface area contributed by atoms with Crippen LogP contribution in [-0.2, 0) is 9.53 Å². The van der Waals surface area contributed by atoms with Gasteiger partial charge in [0, 0.05) is 10.0 Å². The Bertz CT molecular complexity index is 334. The van der Waals surface area contributed by atoms with Crippen LogP contribution in [-0.4, -0.2) is 13.1 Å². The molecule has 0 radical (unpaired) electrons. The molecule has 0 unspecified atom stereocenters. The maximum absolute atomic E-state index is 11.1. The maximum Gasteiger partial charge on any atom is 0.327 e. The summed E-state index contributed by atoms with van der Waals surface area (Å²) in [6.07, 6.45) is 0. The van der Waals surface area contributed by atoms with E-state index >= 15 is 0 Å². The molecule has 1 aromatic carbocycles. The van der Waals surface area contributed by atoms with E-state index in [2.05, 4.69) is 4.74 Å². The Hall–Kier alpha value is -0.770. The van der Waals surface area contributed by atoms with Gasteiger partial charge in [-0.25, -0.2) is 0 Å². The third-order valence-corrected chi connectivity index (χ3v) is 2.14.